The van der Waals surface area contributed by atoms with Crippen molar-refractivity contribution in [1.29, 1.82) is 0 Å². The van der Waals surface area contributed by atoms with Gasteiger partial charge in [-0.25, -0.2) is 4.39 Å². The number of aromatic nitrogens is 2. The molecule has 1 aromatic heterocycles. The molecule has 0 radical (unpaired) electrons. The third kappa shape index (κ3) is 3.48. The minimum Gasteiger partial charge on any atom is -0.386 e. The Morgan fingerprint density at radius 3 is 2.37 bits per heavy atom. The molecule has 2 unspecified atom stereocenters. The molecule has 1 aliphatic carbocycles. The fraction of sp³-hybridized carbons (Fsp3) is 0.370. The summed E-state index contributed by atoms with van der Waals surface area (Å²) in [7, 11) is 0. The maximum atomic E-state index is 16.1. The second-order valence-electron chi connectivity index (χ2n) is 10.2. The Balaban J connectivity index is 1.82. The first-order valence-electron chi connectivity index (χ1n) is 11.6. The highest BCUT2D eigenvalue weighted by Gasteiger charge is 2.72. The number of hydrogen-bond acceptors (Lipinski definition) is 5. The van der Waals surface area contributed by atoms with E-state index in [2.05, 4.69) is 10.2 Å². The van der Waals surface area contributed by atoms with Crippen LogP contribution in [0.1, 0.15) is 65.6 Å². The number of nitrogens with zero attached hydrogens (tertiary/aromatic N) is 3. The van der Waals surface area contributed by atoms with Gasteiger partial charge in [0.05, 0.1) is 29.1 Å². The zero-order chi connectivity index (χ0) is 25.3. The van der Waals surface area contributed by atoms with E-state index in [1.54, 1.807) is 36.4 Å². The molecule has 8 heteroatoms. The monoisotopic (exact) mass is 495 g/mol. The van der Waals surface area contributed by atoms with Crippen LogP contribution in [0.15, 0.2) is 48.5 Å². The average molecular weight is 496 g/mol. The van der Waals surface area contributed by atoms with Gasteiger partial charge in [0.2, 0.25) is 0 Å². The van der Waals surface area contributed by atoms with Crippen LogP contribution in [0, 0.1) is 18.7 Å². The summed E-state index contributed by atoms with van der Waals surface area (Å²) in [5.74, 6) is -1.31. The molecule has 1 saturated carbocycles. The van der Waals surface area contributed by atoms with Gasteiger partial charge in [0, 0.05) is 16.1 Å². The number of benzene rings is 2. The van der Waals surface area contributed by atoms with E-state index in [9.17, 15) is 15.0 Å². The number of aryl methyl sites for hydroxylation is 1. The largest absolute Gasteiger partial charge is 0.386 e. The van der Waals surface area contributed by atoms with Gasteiger partial charge in [-0.3, -0.25) is 4.79 Å². The quantitative estimate of drug-likeness (QED) is 0.545. The van der Waals surface area contributed by atoms with Gasteiger partial charge in [0.25, 0.3) is 5.91 Å². The van der Waals surface area contributed by atoms with Gasteiger partial charge >= 0.3 is 0 Å². The molecule has 1 amide bonds. The molecule has 2 heterocycles. The third-order valence-corrected chi connectivity index (χ3v) is 7.63. The van der Waals surface area contributed by atoms with Crippen LogP contribution in [0.25, 0.3) is 0 Å². The number of aliphatic hydroxyl groups is 2. The van der Waals surface area contributed by atoms with Crippen LogP contribution < -0.4 is 0 Å². The molecule has 3 atom stereocenters. The van der Waals surface area contributed by atoms with Gasteiger partial charge in [-0.1, -0.05) is 30.7 Å². The molecule has 0 saturated heterocycles. The summed E-state index contributed by atoms with van der Waals surface area (Å²) in [5.41, 5.74) is -2.02. The normalized spacial score (nSPS) is 25.7. The van der Waals surface area contributed by atoms with Crippen LogP contribution >= 0.6 is 11.6 Å². The SMILES string of the molecule is Cc1ccc(CN2C(=O)c3cc(C(C)(C)O)cc(F)c3[C@]2(c2ccc(Cl)cc2)C2(O)CC2C)nn1. The number of rotatable bonds is 5. The molecule has 2 N–H and O–H groups in total. The van der Waals surface area contributed by atoms with Crippen molar-refractivity contribution in [3.8, 4) is 0 Å². The summed E-state index contributed by atoms with van der Waals surface area (Å²) in [5, 5.41) is 31.4. The second-order valence-corrected chi connectivity index (χ2v) is 10.7. The number of carbonyl (C=O) groups is 1. The highest BCUT2D eigenvalue weighted by molar-refractivity contribution is 6.30. The Labute approximate surface area is 208 Å². The van der Waals surface area contributed by atoms with E-state index >= 15 is 4.39 Å². The first kappa shape index (κ1) is 23.9. The lowest BCUT2D eigenvalue weighted by molar-refractivity contribution is -0.0246. The number of hydrogen-bond donors (Lipinski definition) is 2. The van der Waals surface area contributed by atoms with Crippen LogP contribution in [-0.4, -0.2) is 36.8 Å². The summed E-state index contributed by atoms with van der Waals surface area (Å²) < 4.78 is 16.1. The van der Waals surface area contributed by atoms with Crippen LogP contribution in [0.5, 0.6) is 0 Å². The minimum absolute atomic E-state index is 0.00966. The number of halogens is 2. The van der Waals surface area contributed by atoms with Crippen molar-refractivity contribution in [2.24, 2.45) is 5.92 Å². The highest BCUT2D eigenvalue weighted by Crippen LogP contribution is 2.64. The Morgan fingerprint density at radius 2 is 1.83 bits per heavy atom. The summed E-state index contributed by atoms with van der Waals surface area (Å²) in [6, 6.07) is 13.1. The fourth-order valence-electron chi connectivity index (χ4n) is 5.40. The van der Waals surface area contributed by atoms with Crippen molar-refractivity contribution >= 4 is 17.5 Å². The third-order valence-electron chi connectivity index (χ3n) is 7.37. The van der Waals surface area contributed by atoms with E-state index in [-0.39, 0.29) is 29.2 Å². The Morgan fingerprint density at radius 1 is 1.17 bits per heavy atom. The molecule has 1 fully saturated rings. The second kappa shape index (κ2) is 7.82. The zero-order valence-electron chi connectivity index (χ0n) is 20.0. The lowest BCUT2D eigenvalue weighted by Gasteiger charge is -2.44. The van der Waals surface area contributed by atoms with Gasteiger partial charge in [-0.05, 0) is 80.6 Å². The van der Waals surface area contributed by atoms with Crippen molar-refractivity contribution in [2.75, 3.05) is 0 Å². The first-order valence-corrected chi connectivity index (χ1v) is 11.9. The Kier molecular flexibility index (Phi) is 5.33. The fourth-order valence-corrected chi connectivity index (χ4v) is 5.52. The summed E-state index contributed by atoms with van der Waals surface area (Å²) in [6.07, 6.45) is 0.380. The zero-order valence-corrected chi connectivity index (χ0v) is 20.8. The van der Waals surface area contributed by atoms with Crippen molar-refractivity contribution in [2.45, 2.75) is 57.4 Å². The number of amides is 1. The van der Waals surface area contributed by atoms with Crippen LogP contribution in [0.3, 0.4) is 0 Å². The lowest BCUT2D eigenvalue weighted by atomic mass is 9.74. The van der Waals surface area contributed by atoms with Crippen LogP contribution in [0.4, 0.5) is 4.39 Å². The van der Waals surface area contributed by atoms with E-state index in [4.69, 9.17) is 11.6 Å². The molecule has 0 bridgehead atoms. The smallest absolute Gasteiger partial charge is 0.255 e. The van der Waals surface area contributed by atoms with Crippen molar-refractivity contribution in [3.05, 3.63) is 93.0 Å². The summed E-state index contributed by atoms with van der Waals surface area (Å²) >= 11 is 6.17. The van der Waals surface area contributed by atoms with E-state index < -0.39 is 28.5 Å². The maximum absolute atomic E-state index is 16.1. The van der Waals surface area contributed by atoms with Gasteiger partial charge in [0.15, 0.2) is 0 Å². The van der Waals surface area contributed by atoms with Crippen LogP contribution in [-0.2, 0) is 17.7 Å². The highest BCUT2D eigenvalue weighted by atomic mass is 35.5. The first-order chi connectivity index (χ1) is 16.4. The molecule has 5 rings (SSSR count). The van der Waals surface area contributed by atoms with E-state index in [1.807, 2.05) is 13.8 Å². The van der Waals surface area contributed by atoms with Gasteiger partial charge in [-0.15, -0.1) is 0 Å². The molecule has 0 spiro atoms. The van der Waals surface area contributed by atoms with Crippen molar-refractivity contribution in [3.63, 3.8) is 0 Å². The number of fused-ring (bicyclic) bond motifs is 1. The van der Waals surface area contributed by atoms with E-state index in [0.29, 0.717) is 22.7 Å². The summed E-state index contributed by atoms with van der Waals surface area (Å²) in [6.45, 7) is 6.78. The Bertz CT molecular complexity index is 1320. The van der Waals surface area contributed by atoms with Gasteiger partial charge in [-0.2, -0.15) is 10.2 Å². The minimum atomic E-state index is -1.52. The molecule has 3 aromatic rings. The lowest BCUT2D eigenvalue weighted by Crippen LogP contribution is -2.55. The molecule has 182 valence electrons. The predicted molar refractivity (Wildman–Crippen MR) is 129 cm³/mol. The molecule has 2 aromatic carbocycles. The topological polar surface area (TPSA) is 86.6 Å². The van der Waals surface area contributed by atoms with Crippen molar-refractivity contribution < 1.29 is 19.4 Å². The van der Waals surface area contributed by atoms with Gasteiger partial charge in [0.1, 0.15) is 11.4 Å². The van der Waals surface area contributed by atoms with E-state index in [1.165, 1.54) is 30.9 Å². The number of carbonyl (C=O) groups excluding carboxylic acids is 1. The van der Waals surface area contributed by atoms with Gasteiger partial charge < -0.3 is 15.1 Å². The molecule has 35 heavy (non-hydrogen) atoms. The summed E-state index contributed by atoms with van der Waals surface area (Å²) in [4.78, 5) is 15.5. The molecular formula is C27H27ClFN3O3. The molecule has 2 aliphatic rings. The van der Waals surface area contributed by atoms with Crippen LogP contribution in [0.2, 0.25) is 5.02 Å². The average Bonchev–Trinajstić information content (AvgIpc) is 3.33. The molecule has 6 nitrogen and oxygen atoms in total. The van der Waals surface area contributed by atoms with Crippen molar-refractivity contribution in [1.82, 2.24) is 15.1 Å². The Hall–Kier alpha value is -2.87. The van der Waals surface area contributed by atoms with E-state index in [0.717, 1.165) is 5.69 Å². The molecular weight excluding hydrogens is 469 g/mol. The molecule has 1 aliphatic heterocycles. The maximum Gasteiger partial charge on any atom is 0.255 e. The standard InChI is InChI=1S/C27H27ClFN3O3/c1-15-13-26(15,35)27(17-6-8-19(28)9-7-17)23-21(11-18(12-22(23)29)25(3,4)34)24(33)32(27)14-20-10-5-16(2)30-31-20/h5-12,15,34-35H,13-14H2,1-4H3/t15?,26?,27-/m1/s1. The predicted octanol–water partition coefficient (Wildman–Crippen LogP) is 4.48.